The Morgan fingerprint density at radius 2 is 2.00 bits per heavy atom. The molecule has 5 heteroatoms. The molecule has 1 aromatic carbocycles. The van der Waals surface area contributed by atoms with E-state index in [0.29, 0.717) is 19.0 Å². The molecule has 1 aromatic rings. The number of hydrogen-bond acceptors (Lipinski definition) is 4. The van der Waals surface area contributed by atoms with Crippen molar-refractivity contribution in [1.29, 1.82) is 0 Å². The van der Waals surface area contributed by atoms with Crippen LogP contribution in [-0.2, 0) is 9.53 Å². The average molecular weight is 291 g/mol. The van der Waals surface area contributed by atoms with E-state index in [4.69, 9.17) is 4.74 Å². The molecule has 1 fully saturated rings. The van der Waals surface area contributed by atoms with E-state index < -0.39 is 12.1 Å². The van der Waals surface area contributed by atoms with Crippen LogP contribution in [0.2, 0.25) is 0 Å². The van der Waals surface area contributed by atoms with Crippen molar-refractivity contribution in [3.8, 4) is 5.75 Å². The lowest BCUT2D eigenvalue weighted by Crippen LogP contribution is -2.44. The molecule has 1 heterocycles. The van der Waals surface area contributed by atoms with Crippen LogP contribution in [0.15, 0.2) is 24.3 Å². The minimum absolute atomic E-state index is 0.00607. The Kier molecular flexibility index (Phi) is 4.83. The fourth-order valence-corrected chi connectivity index (χ4v) is 2.40. The van der Waals surface area contributed by atoms with Gasteiger partial charge in [-0.2, -0.15) is 0 Å². The molecule has 5 nitrogen and oxygen atoms in total. The topological polar surface area (TPSA) is 66.8 Å². The van der Waals surface area contributed by atoms with Gasteiger partial charge in [0.15, 0.2) is 6.10 Å². The van der Waals surface area contributed by atoms with Gasteiger partial charge < -0.3 is 14.7 Å². The van der Waals surface area contributed by atoms with Crippen LogP contribution < -0.4 is 0 Å². The quantitative estimate of drug-likeness (QED) is 0.867. The highest BCUT2D eigenvalue weighted by Crippen LogP contribution is 2.18. The number of carbonyl (C=O) groups is 2. The van der Waals surface area contributed by atoms with Crippen molar-refractivity contribution in [1.82, 2.24) is 4.90 Å². The van der Waals surface area contributed by atoms with Gasteiger partial charge in [0, 0.05) is 13.1 Å². The Morgan fingerprint density at radius 3 is 2.62 bits per heavy atom. The Labute approximate surface area is 124 Å². The van der Waals surface area contributed by atoms with Crippen LogP contribution in [0, 0.1) is 5.92 Å². The molecule has 0 aromatic heterocycles. The maximum Gasteiger partial charge on any atom is 0.339 e. The molecule has 0 bridgehead atoms. The van der Waals surface area contributed by atoms with Crippen molar-refractivity contribution in [2.75, 3.05) is 13.1 Å². The van der Waals surface area contributed by atoms with E-state index in [9.17, 15) is 14.7 Å². The van der Waals surface area contributed by atoms with E-state index in [2.05, 4.69) is 6.92 Å². The van der Waals surface area contributed by atoms with Crippen LogP contribution in [-0.4, -0.2) is 41.1 Å². The Balaban J connectivity index is 1.93. The first-order valence-corrected chi connectivity index (χ1v) is 7.26. The number of phenolic OH excluding ortho intramolecular Hbond substituents is 1. The van der Waals surface area contributed by atoms with E-state index in [1.807, 2.05) is 0 Å². The van der Waals surface area contributed by atoms with Crippen molar-refractivity contribution >= 4 is 11.9 Å². The predicted octanol–water partition coefficient (Wildman–Crippen LogP) is 2.20. The Hall–Kier alpha value is -2.04. The molecule has 0 aliphatic carbocycles. The molecule has 0 radical (unpaired) electrons. The minimum atomic E-state index is -0.812. The van der Waals surface area contributed by atoms with Gasteiger partial charge in [0.05, 0.1) is 5.56 Å². The van der Waals surface area contributed by atoms with Gasteiger partial charge in [0.1, 0.15) is 5.75 Å². The van der Waals surface area contributed by atoms with Gasteiger partial charge in [0.25, 0.3) is 5.91 Å². The van der Waals surface area contributed by atoms with E-state index in [0.717, 1.165) is 12.8 Å². The highest BCUT2D eigenvalue weighted by Gasteiger charge is 2.27. The number of nitrogens with zero attached hydrogens (tertiary/aromatic N) is 1. The van der Waals surface area contributed by atoms with Crippen molar-refractivity contribution in [3.05, 3.63) is 29.8 Å². The highest BCUT2D eigenvalue weighted by atomic mass is 16.5. The lowest BCUT2D eigenvalue weighted by atomic mass is 9.99. The molecule has 2 rings (SSSR count). The number of esters is 1. The van der Waals surface area contributed by atoms with E-state index >= 15 is 0 Å². The second-order valence-corrected chi connectivity index (χ2v) is 5.61. The summed E-state index contributed by atoms with van der Waals surface area (Å²) in [6.45, 7) is 5.19. The molecule has 21 heavy (non-hydrogen) atoms. The molecular formula is C16H21NO4. The van der Waals surface area contributed by atoms with Crippen LogP contribution in [0.1, 0.15) is 37.0 Å². The molecule has 1 amide bonds. The number of benzene rings is 1. The van der Waals surface area contributed by atoms with E-state index in [-0.39, 0.29) is 17.2 Å². The van der Waals surface area contributed by atoms with Crippen LogP contribution in [0.5, 0.6) is 5.75 Å². The summed E-state index contributed by atoms with van der Waals surface area (Å²) in [5.74, 6) is -0.125. The average Bonchev–Trinajstić information content (AvgIpc) is 2.47. The fourth-order valence-electron chi connectivity index (χ4n) is 2.40. The SMILES string of the molecule is CC1CCN(C(=O)[C@@H](C)OC(=O)c2cccc(O)c2)CC1. The molecule has 0 unspecified atom stereocenters. The largest absolute Gasteiger partial charge is 0.508 e. The van der Waals surface area contributed by atoms with Gasteiger partial charge in [-0.3, -0.25) is 4.79 Å². The summed E-state index contributed by atoms with van der Waals surface area (Å²) in [4.78, 5) is 25.9. The lowest BCUT2D eigenvalue weighted by molar-refractivity contribution is -0.141. The van der Waals surface area contributed by atoms with E-state index in [1.54, 1.807) is 24.0 Å². The van der Waals surface area contributed by atoms with Crippen LogP contribution in [0.4, 0.5) is 0 Å². The zero-order valence-electron chi connectivity index (χ0n) is 12.4. The molecule has 1 aliphatic heterocycles. The smallest absolute Gasteiger partial charge is 0.339 e. The third-order valence-electron chi connectivity index (χ3n) is 3.81. The standard InChI is InChI=1S/C16H21NO4/c1-11-6-8-17(9-7-11)15(19)12(2)21-16(20)13-4-3-5-14(18)10-13/h3-5,10-12,18H,6-9H2,1-2H3/t12-/m1/s1. The number of ether oxygens (including phenoxy) is 1. The molecule has 0 saturated carbocycles. The van der Waals surface area contributed by atoms with Crippen molar-refractivity contribution in [2.45, 2.75) is 32.8 Å². The molecule has 1 aliphatic rings. The number of carbonyl (C=O) groups excluding carboxylic acids is 2. The molecular weight excluding hydrogens is 270 g/mol. The molecule has 1 saturated heterocycles. The van der Waals surface area contributed by atoms with Gasteiger partial charge in [-0.25, -0.2) is 4.79 Å². The molecule has 1 atom stereocenters. The third-order valence-corrected chi connectivity index (χ3v) is 3.81. The fraction of sp³-hybridized carbons (Fsp3) is 0.500. The first kappa shape index (κ1) is 15.4. The number of likely N-dealkylation sites (tertiary alicyclic amines) is 1. The number of amides is 1. The summed E-state index contributed by atoms with van der Waals surface area (Å²) in [5.41, 5.74) is 0.238. The van der Waals surface area contributed by atoms with Crippen molar-refractivity contribution in [2.24, 2.45) is 5.92 Å². The lowest BCUT2D eigenvalue weighted by Gasteiger charge is -2.31. The third kappa shape index (κ3) is 3.97. The molecule has 0 spiro atoms. The summed E-state index contributed by atoms with van der Waals surface area (Å²) in [6.07, 6.45) is 1.16. The normalized spacial score (nSPS) is 17.3. The predicted molar refractivity (Wildman–Crippen MR) is 78.0 cm³/mol. The van der Waals surface area contributed by atoms with Gasteiger partial charge in [-0.15, -0.1) is 0 Å². The zero-order chi connectivity index (χ0) is 15.4. The van der Waals surface area contributed by atoms with Gasteiger partial charge in [0.2, 0.25) is 0 Å². The highest BCUT2D eigenvalue weighted by molar-refractivity contribution is 5.92. The second kappa shape index (κ2) is 6.61. The van der Waals surface area contributed by atoms with Crippen LogP contribution in [0.3, 0.4) is 0 Å². The number of rotatable bonds is 3. The molecule has 1 N–H and O–H groups in total. The number of phenols is 1. The monoisotopic (exact) mass is 291 g/mol. The summed E-state index contributed by atoms with van der Waals surface area (Å²) in [6, 6.07) is 5.90. The second-order valence-electron chi connectivity index (χ2n) is 5.61. The van der Waals surface area contributed by atoms with Crippen molar-refractivity contribution in [3.63, 3.8) is 0 Å². The summed E-state index contributed by atoms with van der Waals surface area (Å²) in [7, 11) is 0. The molecule has 114 valence electrons. The summed E-state index contributed by atoms with van der Waals surface area (Å²) in [5, 5.41) is 9.35. The van der Waals surface area contributed by atoms with Gasteiger partial charge in [-0.1, -0.05) is 13.0 Å². The summed E-state index contributed by atoms with van der Waals surface area (Å²) >= 11 is 0. The first-order chi connectivity index (χ1) is 9.97. The van der Waals surface area contributed by atoms with Crippen LogP contribution >= 0.6 is 0 Å². The zero-order valence-corrected chi connectivity index (χ0v) is 12.4. The maximum absolute atomic E-state index is 12.2. The summed E-state index contributed by atoms with van der Waals surface area (Å²) < 4.78 is 5.19. The number of piperidine rings is 1. The first-order valence-electron chi connectivity index (χ1n) is 7.26. The van der Waals surface area contributed by atoms with Crippen LogP contribution in [0.25, 0.3) is 0 Å². The van der Waals surface area contributed by atoms with Gasteiger partial charge in [-0.05, 0) is 43.9 Å². The number of hydrogen-bond donors (Lipinski definition) is 1. The van der Waals surface area contributed by atoms with Gasteiger partial charge >= 0.3 is 5.97 Å². The van der Waals surface area contributed by atoms with E-state index in [1.165, 1.54) is 12.1 Å². The van der Waals surface area contributed by atoms with Crippen molar-refractivity contribution < 1.29 is 19.4 Å². The number of aromatic hydroxyl groups is 1. The maximum atomic E-state index is 12.2. The Morgan fingerprint density at radius 1 is 1.33 bits per heavy atom. The minimum Gasteiger partial charge on any atom is -0.508 e. The Bertz CT molecular complexity index is 521.